The molecule has 12 heteroatoms. The molecule has 0 spiro atoms. The van der Waals surface area contributed by atoms with Crippen molar-refractivity contribution in [2.45, 2.75) is 67.8 Å². The zero-order valence-corrected chi connectivity index (χ0v) is 21.5. The summed E-state index contributed by atoms with van der Waals surface area (Å²) in [5.74, 6) is -0.896. The van der Waals surface area contributed by atoms with Gasteiger partial charge in [0.05, 0.1) is 18.2 Å². The molecule has 2 aliphatic rings. The van der Waals surface area contributed by atoms with Crippen LogP contribution in [-0.2, 0) is 19.0 Å². The Bertz CT molecular complexity index is 891. The zero-order chi connectivity index (χ0) is 26.4. The van der Waals surface area contributed by atoms with Gasteiger partial charge in [0.15, 0.2) is 0 Å². The van der Waals surface area contributed by atoms with E-state index < -0.39 is 48.0 Å². The predicted octanol–water partition coefficient (Wildman–Crippen LogP) is -0.296. The van der Waals surface area contributed by atoms with Crippen molar-refractivity contribution in [3.05, 3.63) is 29.8 Å². The second kappa shape index (κ2) is 13.0. The lowest BCUT2D eigenvalue weighted by molar-refractivity contribution is -0.212. The summed E-state index contributed by atoms with van der Waals surface area (Å²) in [5, 5.41) is 44.4. The van der Waals surface area contributed by atoms with E-state index in [9.17, 15) is 30.0 Å². The summed E-state index contributed by atoms with van der Waals surface area (Å²) in [5.41, 5.74) is -0.926. The summed E-state index contributed by atoms with van der Waals surface area (Å²) < 4.78 is 16.6. The van der Waals surface area contributed by atoms with Gasteiger partial charge in [0, 0.05) is 12.9 Å². The van der Waals surface area contributed by atoms with E-state index in [1.54, 1.807) is 19.1 Å². The van der Waals surface area contributed by atoms with E-state index >= 15 is 0 Å². The van der Waals surface area contributed by atoms with E-state index in [1.807, 2.05) is 11.9 Å². The number of ether oxygens (including phenoxy) is 3. The number of hydrogen-bond donors (Lipinski definition) is 5. The second-order valence-corrected chi connectivity index (χ2v) is 10.3. The molecule has 8 atom stereocenters. The van der Waals surface area contributed by atoms with E-state index in [-0.39, 0.29) is 35.6 Å². The molecule has 11 nitrogen and oxygen atoms in total. The summed E-state index contributed by atoms with van der Waals surface area (Å²) in [6, 6.07) is 4.91. The second-order valence-electron chi connectivity index (χ2n) is 9.08. The van der Waals surface area contributed by atoms with Crippen LogP contribution < -0.4 is 5.32 Å². The van der Waals surface area contributed by atoms with Gasteiger partial charge in [-0.05, 0) is 45.5 Å². The number of para-hydroxylation sites is 1. The fourth-order valence-electron chi connectivity index (χ4n) is 4.45. The highest BCUT2D eigenvalue weighted by atomic mass is 32.2. The third kappa shape index (κ3) is 6.68. The molecule has 0 aliphatic carbocycles. The van der Waals surface area contributed by atoms with Gasteiger partial charge in [-0.2, -0.15) is 0 Å². The molecule has 2 fully saturated rings. The minimum Gasteiger partial charge on any atom is -0.507 e. The standard InChI is InChI=1S/C24H36N2O9S/c1-13(33-3)17(25-22(31)15-8-6-10-26(15)2)21-19(29)18(28)20(30)24(35-21)36-12-11-34-23(32)14-7-4-5-9-16(14)27/h4-5,7,9,13,15,17-21,24,27-30H,6,8,10-12H2,1-3H3,(H,25,31)/t13?,15-,17?,18-,19+,20+,21+,24+/m0/s1. The van der Waals surface area contributed by atoms with Crippen molar-refractivity contribution in [1.29, 1.82) is 0 Å². The molecule has 2 heterocycles. The lowest BCUT2D eigenvalue weighted by atomic mass is 9.92. The number of aliphatic hydroxyl groups excluding tert-OH is 3. The van der Waals surface area contributed by atoms with E-state index in [0.717, 1.165) is 24.7 Å². The molecule has 2 saturated heterocycles. The molecule has 202 valence electrons. The van der Waals surface area contributed by atoms with Crippen molar-refractivity contribution in [1.82, 2.24) is 10.2 Å². The highest BCUT2D eigenvalue weighted by molar-refractivity contribution is 7.99. The predicted molar refractivity (Wildman–Crippen MR) is 132 cm³/mol. The zero-order valence-electron chi connectivity index (χ0n) is 20.6. The Balaban J connectivity index is 1.62. The van der Waals surface area contributed by atoms with Crippen molar-refractivity contribution in [3.8, 4) is 5.75 Å². The first-order chi connectivity index (χ1) is 17.1. The Morgan fingerprint density at radius 1 is 1.22 bits per heavy atom. The number of esters is 1. The molecule has 1 amide bonds. The first kappa shape index (κ1) is 28.6. The van der Waals surface area contributed by atoms with Crippen molar-refractivity contribution in [2.75, 3.05) is 33.1 Å². The first-order valence-corrected chi connectivity index (χ1v) is 13.0. The molecule has 3 rings (SSSR count). The third-order valence-corrected chi connectivity index (χ3v) is 7.81. The minimum atomic E-state index is -1.53. The Hall–Kier alpha value is -1.93. The molecular weight excluding hydrogens is 492 g/mol. The van der Waals surface area contributed by atoms with E-state index in [4.69, 9.17) is 14.2 Å². The monoisotopic (exact) mass is 528 g/mol. The van der Waals surface area contributed by atoms with Gasteiger partial charge in [0.25, 0.3) is 0 Å². The van der Waals surface area contributed by atoms with Crippen LogP contribution >= 0.6 is 11.8 Å². The fourth-order valence-corrected chi connectivity index (χ4v) is 5.42. The Kier molecular flexibility index (Phi) is 10.4. The SMILES string of the molecule is COC(C)C(NC(=O)[C@@H]1CCCN1C)[C@H]1O[C@H](SCCOC(=O)c2ccccc2O)[C@H](O)[C@@H](O)[C@H]1O. The first-order valence-electron chi connectivity index (χ1n) is 12.0. The number of likely N-dealkylation sites (N-methyl/N-ethyl adjacent to an activating group) is 1. The van der Waals surface area contributed by atoms with Crippen LogP contribution in [0.15, 0.2) is 24.3 Å². The Morgan fingerprint density at radius 3 is 2.58 bits per heavy atom. The average molecular weight is 529 g/mol. The fraction of sp³-hybridized carbons (Fsp3) is 0.667. The topological polar surface area (TPSA) is 158 Å². The number of benzene rings is 1. The number of nitrogens with one attached hydrogen (secondary N) is 1. The van der Waals surface area contributed by atoms with Crippen molar-refractivity contribution < 1.29 is 44.2 Å². The summed E-state index contributed by atoms with van der Waals surface area (Å²) in [7, 11) is 3.34. The van der Waals surface area contributed by atoms with Crippen LogP contribution in [0.25, 0.3) is 0 Å². The van der Waals surface area contributed by atoms with E-state index in [1.165, 1.54) is 19.2 Å². The van der Waals surface area contributed by atoms with Crippen LogP contribution in [0.1, 0.15) is 30.1 Å². The van der Waals surface area contributed by atoms with E-state index in [2.05, 4.69) is 5.32 Å². The van der Waals surface area contributed by atoms with Crippen molar-refractivity contribution in [2.24, 2.45) is 0 Å². The largest absolute Gasteiger partial charge is 0.507 e. The van der Waals surface area contributed by atoms with Gasteiger partial charge in [0.2, 0.25) is 5.91 Å². The van der Waals surface area contributed by atoms with Crippen LogP contribution in [-0.4, -0.2) is 118 Å². The number of rotatable bonds is 10. The van der Waals surface area contributed by atoms with Crippen molar-refractivity contribution in [3.63, 3.8) is 0 Å². The average Bonchev–Trinajstić information content (AvgIpc) is 3.30. The number of aromatic hydroxyl groups is 1. The molecule has 0 radical (unpaired) electrons. The molecule has 36 heavy (non-hydrogen) atoms. The summed E-state index contributed by atoms with van der Waals surface area (Å²) >= 11 is 1.09. The van der Waals surface area contributed by atoms with Crippen LogP contribution in [0.5, 0.6) is 5.75 Å². The number of carbonyl (C=O) groups excluding carboxylic acids is 2. The normalized spacial score (nSPS) is 30.5. The molecule has 0 saturated carbocycles. The number of phenolic OH excluding ortho intramolecular Hbond substituents is 1. The van der Waals surface area contributed by atoms with Gasteiger partial charge in [-0.3, -0.25) is 9.69 Å². The molecule has 0 bridgehead atoms. The minimum absolute atomic E-state index is 0.0371. The summed E-state index contributed by atoms with van der Waals surface area (Å²) in [4.78, 5) is 27.1. The molecule has 0 aromatic heterocycles. The third-order valence-electron chi connectivity index (χ3n) is 6.69. The van der Waals surface area contributed by atoms with Crippen LogP contribution in [0, 0.1) is 0 Å². The molecule has 1 aromatic carbocycles. The molecule has 5 N–H and O–H groups in total. The van der Waals surface area contributed by atoms with Gasteiger partial charge in [0.1, 0.15) is 47.8 Å². The van der Waals surface area contributed by atoms with Crippen LogP contribution in [0.3, 0.4) is 0 Å². The number of likely N-dealkylation sites (tertiary alicyclic amines) is 1. The van der Waals surface area contributed by atoms with Crippen LogP contribution in [0.2, 0.25) is 0 Å². The number of thioether (sulfide) groups is 1. The number of methoxy groups -OCH3 is 1. The number of aliphatic hydroxyl groups is 3. The molecule has 2 aliphatic heterocycles. The van der Waals surface area contributed by atoms with Gasteiger partial charge < -0.3 is 40.0 Å². The molecular formula is C24H36N2O9S. The number of phenols is 1. The van der Waals surface area contributed by atoms with Gasteiger partial charge in [-0.1, -0.05) is 12.1 Å². The van der Waals surface area contributed by atoms with Crippen LogP contribution in [0.4, 0.5) is 0 Å². The molecule has 1 aromatic rings. The lowest BCUT2D eigenvalue weighted by Gasteiger charge is -2.44. The highest BCUT2D eigenvalue weighted by Gasteiger charge is 2.49. The number of carbonyl (C=O) groups is 2. The Labute approximate surface area is 214 Å². The summed E-state index contributed by atoms with van der Waals surface area (Å²) in [6.07, 6.45) is -4.42. The number of nitrogens with zero attached hydrogens (tertiary/aromatic N) is 1. The maximum absolute atomic E-state index is 13.0. The van der Waals surface area contributed by atoms with Crippen molar-refractivity contribution >= 4 is 23.6 Å². The maximum atomic E-state index is 13.0. The number of amides is 1. The lowest BCUT2D eigenvalue weighted by Crippen LogP contribution is -2.66. The molecule has 2 unspecified atom stereocenters. The summed E-state index contributed by atoms with van der Waals surface area (Å²) in [6.45, 7) is 2.48. The van der Waals surface area contributed by atoms with Gasteiger partial charge in [-0.15, -0.1) is 11.8 Å². The van der Waals surface area contributed by atoms with E-state index in [0.29, 0.717) is 6.42 Å². The maximum Gasteiger partial charge on any atom is 0.341 e. The smallest absolute Gasteiger partial charge is 0.341 e. The Morgan fingerprint density at radius 2 is 1.94 bits per heavy atom. The van der Waals surface area contributed by atoms with Gasteiger partial charge in [-0.25, -0.2) is 4.79 Å². The number of hydrogen-bond acceptors (Lipinski definition) is 11. The quantitative estimate of drug-likeness (QED) is 0.201. The highest BCUT2D eigenvalue weighted by Crippen LogP contribution is 2.31. The van der Waals surface area contributed by atoms with Gasteiger partial charge >= 0.3 is 5.97 Å².